The summed E-state index contributed by atoms with van der Waals surface area (Å²) in [5, 5.41) is 6.59. The molecule has 0 saturated heterocycles. The summed E-state index contributed by atoms with van der Waals surface area (Å²) < 4.78 is 5.03. The molecule has 0 atom stereocenters. The maximum Gasteiger partial charge on any atom is 0.252 e. The molecule has 3 rings (SSSR count). The third kappa shape index (κ3) is 5.18. The number of para-hydroxylation sites is 1. The van der Waals surface area contributed by atoms with E-state index in [0.717, 1.165) is 28.6 Å². The molecule has 6 heteroatoms. The summed E-state index contributed by atoms with van der Waals surface area (Å²) in [6.07, 6.45) is 1.18. The van der Waals surface area contributed by atoms with Gasteiger partial charge in [-0.15, -0.1) is 0 Å². The second-order valence-corrected chi connectivity index (χ2v) is 6.65. The second-order valence-electron chi connectivity index (χ2n) is 6.65. The fraction of sp³-hybridized carbons (Fsp3) is 0.261. The Bertz CT molecular complexity index is 1000. The Morgan fingerprint density at radius 3 is 2.55 bits per heavy atom. The molecule has 0 aliphatic heterocycles. The van der Waals surface area contributed by atoms with E-state index in [1.807, 2.05) is 61.5 Å². The average Bonchev–Trinajstić information content (AvgIpc) is 2.76. The van der Waals surface area contributed by atoms with Crippen LogP contribution in [0, 0.1) is 0 Å². The van der Waals surface area contributed by atoms with Crippen molar-refractivity contribution < 1.29 is 14.3 Å². The van der Waals surface area contributed by atoms with Crippen LogP contribution in [0.2, 0.25) is 0 Å². The van der Waals surface area contributed by atoms with Gasteiger partial charge in [0.25, 0.3) is 5.91 Å². The average molecular weight is 391 g/mol. The van der Waals surface area contributed by atoms with Crippen molar-refractivity contribution in [1.29, 1.82) is 0 Å². The van der Waals surface area contributed by atoms with Crippen LogP contribution < -0.4 is 10.6 Å². The minimum absolute atomic E-state index is 0.0333. The molecule has 1 aromatic heterocycles. The first-order chi connectivity index (χ1) is 14.1. The highest BCUT2D eigenvalue weighted by Crippen LogP contribution is 2.26. The van der Waals surface area contributed by atoms with Gasteiger partial charge >= 0.3 is 0 Å². The van der Waals surface area contributed by atoms with Gasteiger partial charge in [0, 0.05) is 43.3 Å². The zero-order chi connectivity index (χ0) is 20.6. The predicted molar refractivity (Wildman–Crippen MR) is 115 cm³/mol. The number of carbonyl (C=O) groups excluding carboxylic acids is 2. The van der Waals surface area contributed by atoms with Gasteiger partial charge in [0.05, 0.1) is 16.8 Å². The zero-order valence-corrected chi connectivity index (χ0v) is 16.7. The van der Waals surface area contributed by atoms with Crippen LogP contribution in [0.5, 0.6) is 0 Å². The maximum absolute atomic E-state index is 12.8. The molecule has 2 N–H and O–H groups in total. The number of rotatable bonds is 8. The molecule has 0 spiro atoms. The molecule has 0 bridgehead atoms. The molecule has 0 unspecified atom stereocenters. The molecule has 150 valence electrons. The van der Waals surface area contributed by atoms with Crippen LogP contribution in [-0.4, -0.2) is 37.1 Å². The third-order valence-electron chi connectivity index (χ3n) is 4.56. The lowest BCUT2D eigenvalue weighted by Crippen LogP contribution is -2.25. The molecule has 1 heterocycles. The van der Waals surface area contributed by atoms with E-state index in [4.69, 9.17) is 9.72 Å². The number of hydrogen-bond donors (Lipinski definition) is 2. The van der Waals surface area contributed by atoms with Crippen molar-refractivity contribution in [3.63, 3.8) is 0 Å². The number of anilines is 1. The van der Waals surface area contributed by atoms with E-state index in [-0.39, 0.29) is 11.8 Å². The normalized spacial score (nSPS) is 10.7. The lowest BCUT2D eigenvalue weighted by Gasteiger charge is -2.11. The van der Waals surface area contributed by atoms with E-state index in [2.05, 4.69) is 10.6 Å². The highest BCUT2D eigenvalue weighted by molar-refractivity contribution is 6.07. The Morgan fingerprint density at radius 2 is 1.83 bits per heavy atom. The van der Waals surface area contributed by atoms with Gasteiger partial charge in [-0.3, -0.25) is 9.59 Å². The van der Waals surface area contributed by atoms with E-state index in [1.165, 1.54) is 0 Å². The number of hydrogen-bond acceptors (Lipinski definition) is 4. The van der Waals surface area contributed by atoms with Crippen molar-refractivity contribution in [1.82, 2.24) is 10.3 Å². The summed E-state index contributed by atoms with van der Waals surface area (Å²) in [6.45, 7) is 2.96. The molecule has 0 radical (unpaired) electrons. The fourth-order valence-corrected chi connectivity index (χ4v) is 3.00. The van der Waals surface area contributed by atoms with Gasteiger partial charge in [0.1, 0.15) is 0 Å². The number of fused-ring (bicyclic) bond motifs is 1. The highest BCUT2D eigenvalue weighted by atomic mass is 16.5. The lowest BCUT2D eigenvalue weighted by atomic mass is 10.0. The van der Waals surface area contributed by atoms with Gasteiger partial charge in [-0.1, -0.05) is 37.3 Å². The molecule has 2 aromatic carbocycles. The van der Waals surface area contributed by atoms with E-state index >= 15 is 0 Å². The number of aromatic nitrogens is 1. The molecule has 0 aliphatic carbocycles. The van der Waals surface area contributed by atoms with Crippen LogP contribution >= 0.6 is 0 Å². The number of methoxy groups -OCH3 is 1. The van der Waals surface area contributed by atoms with Gasteiger partial charge in [-0.2, -0.15) is 0 Å². The first kappa shape index (κ1) is 20.5. The van der Waals surface area contributed by atoms with Crippen LogP contribution in [0.25, 0.3) is 22.2 Å². The maximum atomic E-state index is 12.8. The summed E-state index contributed by atoms with van der Waals surface area (Å²) >= 11 is 0. The SMILES string of the molecule is CCC(=O)Nc1ccc(-c2cc(C(=O)NCCCOC)c3ccccc3n2)cc1. The van der Waals surface area contributed by atoms with Gasteiger partial charge in [-0.25, -0.2) is 4.98 Å². The van der Waals surface area contributed by atoms with Crippen molar-refractivity contribution >= 4 is 28.4 Å². The molecular weight excluding hydrogens is 366 g/mol. The van der Waals surface area contributed by atoms with E-state index in [9.17, 15) is 9.59 Å². The Hall–Kier alpha value is -3.25. The Morgan fingerprint density at radius 1 is 1.07 bits per heavy atom. The summed E-state index contributed by atoms with van der Waals surface area (Å²) in [6, 6.07) is 16.9. The van der Waals surface area contributed by atoms with Crippen molar-refractivity contribution in [3.8, 4) is 11.3 Å². The van der Waals surface area contributed by atoms with Crippen molar-refractivity contribution in [2.45, 2.75) is 19.8 Å². The number of nitrogens with one attached hydrogen (secondary N) is 2. The summed E-state index contributed by atoms with van der Waals surface area (Å²) in [5.41, 5.74) is 3.66. The minimum Gasteiger partial charge on any atom is -0.385 e. The van der Waals surface area contributed by atoms with Gasteiger partial charge in [-0.05, 0) is 30.7 Å². The number of nitrogens with zero attached hydrogens (tertiary/aromatic N) is 1. The van der Waals surface area contributed by atoms with Crippen molar-refractivity contribution in [2.75, 3.05) is 25.6 Å². The standard InChI is InChI=1S/C23H25N3O3/c1-3-22(27)25-17-11-9-16(10-12-17)21-15-19(23(28)24-13-6-14-29-2)18-7-4-5-8-20(18)26-21/h4-5,7-12,15H,3,6,13-14H2,1-2H3,(H,24,28)(H,25,27). The van der Waals surface area contributed by atoms with Crippen molar-refractivity contribution in [3.05, 3.63) is 60.2 Å². The van der Waals surface area contributed by atoms with E-state index in [1.54, 1.807) is 7.11 Å². The van der Waals surface area contributed by atoms with Crippen LogP contribution in [-0.2, 0) is 9.53 Å². The Balaban J connectivity index is 1.90. The molecule has 29 heavy (non-hydrogen) atoms. The van der Waals surface area contributed by atoms with Crippen LogP contribution in [0.3, 0.4) is 0 Å². The molecule has 2 amide bonds. The minimum atomic E-state index is -0.132. The highest BCUT2D eigenvalue weighted by Gasteiger charge is 2.13. The molecule has 0 saturated carbocycles. The molecule has 3 aromatic rings. The first-order valence-corrected chi connectivity index (χ1v) is 9.69. The van der Waals surface area contributed by atoms with Gasteiger partial charge in [0.2, 0.25) is 5.91 Å². The Labute approximate surface area is 170 Å². The van der Waals surface area contributed by atoms with Gasteiger partial charge < -0.3 is 15.4 Å². The summed E-state index contributed by atoms with van der Waals surface area (Å²) in [7, 11) is 1.64. The predicted octanol–water partition coefficient (Wildman–Crippen LogP) is 4.02. The number of ether oxygens (including phenoxy) is 1. The summed E-state index contributed by atoms with van der Waals surface area (Å²) in [5.74, 6) is -0.165. The quantitative estimate of drug-likeness (QED) is 0.569. The van der Waals surface area contributed by atoms with Gasteiger partial charge in [0.15, 0.2) is 0 Å². The fourth-order valence-electron chi connectivity index (χ4n) is 3.00. The monoisotopic (exact) mass is 391 g/mol. The van der Waals surface area contributed by atoms with E-state index < -0.39 is 0 Å². The number of amides is 2. The molecule has 0 aliphatic rings. The topological polar surface area (TPSA) is 80.3 Å². The van der Waals surface area contributed by atoms with E-state index in [0.29, 0.717) is 30.8 Å². The molecule has 0 fully saturated rings. The molecule has 6 nitrogen and oxygen atoms in total. The largest absolute Gasteiger partial charge is 0.385 e. The van der Waals surface area contributed by atoms with Crippen molar-refractivity contribution in [2.24, 2.45) is 0 Å². The zero-order valence-electron chi connectivity index (χ0n) is 16.7. The number of benzene rings is 2. The third-order valence-corrected chi connectivity index (χ3v) is 4.56. The van der Waals surface area contributed by atoms with Crippen LogP contribution in [0.1, 0.15) is 30.1 Å². The number of pyridine rings is 1. The summed E-state index contributed by atoms with van der Waals surface area (Å²) in [4.78, 5) is 29.1. The van der Waals surface area contributed by atoms with Crippen LogP contribution in [0.15, 0.2) is 54.6 Å². The molecular formula is C23H25N3O3. The van der Waals surface area contributed by atoms with Crippen LogP contribution in [0.4, 0.5) is 5.69 Å². The lowest BCUT2D eigenvalue weighted by molar-refractivity contribution is -0.115. The smallest absolute Gasteiger partial charge is 0.252 e. The Kier molecular flexibility index (Phi) is 6.92. The second kappa shape index (κ2) is 9.80. The first-order valence-electron chi connectivity index (χ1n) is 9.69. The number of carbonyl (C=O) groups is 2.